The third kappa shape index (κ3) is 9.48. The number of benzene rings is 2. The molecule has 3 nitrogen and oxygen atoms in total. The lowest BCUT2D eigenvalue weighted by Gasteiger charge is -2.32. The normalized spacial score (nSPS) is 13.4. The predicted molar refractivity (Wildman–Crippen MR) is 178 cm³/mol. The SMILES string of the molecule is CC(=O)CCCC(C)(C)c1cc(SC(C)(C)Sc2cc(C(C)(C)C)cc(C(C)(C)C)c2)cc(C(C)(C)C)c1N=O. The van der Waals surface area contributed by atoms with Crippen LogP contribution in [-0.4, -0.2) is 9.86 Å². The second kappa shape index (κ2) is 12.3. The highest BCUT2D eigenvalue weighted by atomic mass is 32.2. The molecule has 0 atom stereocenters. The first-order chi connectivity index (χ1) is 18.0. The first kappa shape index (κ1) is 34.6. The second-order valence-electron chi connectivity index (χ2n) is 15.5. The van der Waals surface area contributed by atoms with Crippen molar-refractivity contribution < 1.29 is 4.79 Å². The van der Waals surface area contributed by atoms with Gasteiger partial charge in [0.05, 0.1) is 4.08 Å². The average molecular weight is 584 g/mol. The van der Waals surface area contributed by atoms with Gasteiger partial charge in [-0.15, -0.1) is 28.4 Å². The van der Waals surface area contributed by atoms with Gasteiger partial charge in [0.2, 0.25) is 0 Å². The topological polar surface area (TPSA) is 46.5 Å². The Morgan fingerprint density at radius 1 is 0.675 bits per heavy atom. The monoisotopic (exact) mass is 583 g/mol. The summed E-state index contributed by atoms with van der Waals surface area (Å²) < 4.78 is -0.160. The van der Waals surface area contributed by atoms with Crippen molar-refractivity contribution in [2.24, 2.45) is 5.18 Å². The summed E-state index contributed by atoms with van der Waals surface area (Å²) >= 11 is 3.74. The lowest BCUT2D eigenvalue weighted by Crippen LogP contribution is -2.21. The van der Waals surface area contributed by atoms with Gasteiger partial charge in [0, 0.05) is 16.2 Å². The van der Waals surface area contributed by atoms with Crippen LogP contribution in [0.5, 0.6) is 0 Å². The minimum atomic E-state index is -0.283. The lowest BCUT2D eigenvalue weighted by atomic mass is 9.75. The van der Waals surface area contributed by atoms with Gasteiger partial charge in [0.25, 0.3) is 0 Å². The van der Waals surface area contributed by atoms with Crippen LogP contribution >= 0.6 is 23.5 Å². The molecule has 5 heteroatoms. The Kier molecular flexibility index (Phi) is 10.7. The molecule has 222 valence electrons. The Balaban J connectivity index is 2.57. The molecule has 0 aliphatic rings. The van der Waals surface area contributed by atoms with E-state index in [4.69, 9.17) is 0 Å². The van der Waals surface area contributed by atoms with Crippen LogP contribution in [0.2, 0.25) is 0 Å². The fourth-order valence-corrected chi connectivity index (χ4v) is 7.48. The molecule has 0 aromatic heterocycles. The summed E-state index contributed by atoms with van der Waals surface area (Å²) in [7, 11) is 0. The zero-order chi connectivity index (χ0) is 30.9. The summed E-state index contributed by atoms with van der Waals surface area (Å²) in [5.41, 5.74) is 4.84. The minimum Gasteiger partial charge on any atom is -0.300 e. The van der Waals surface area contributed by atoms with E-state index in [0.29, 0.717) is 12.1 Å². The van der Waals surface area contributed by atoms with E-state index in [0.717, 1.165) is 28.9 Å². The maximum atomic E-state index is 12.3. The van der Waals surface area contributed by atoms with Crippen LogP contribution in [0.1, 0.15) is 138 Å². The maximum Gasteiger partial charge on any atom is 0.129 e. The number of thioether (sulfide) groups is 2. The van der Waals surface area contributed by atoms with Gasteiger partial charge >= 0.3 is 0 Å². The molecule has 0 aliphatic carbocycles. The quantitative estimate of drug-likeness (QED) is 0.158. The van der Waals surface area contributed by atoms with Gasteiger partial charge in [0.1, 0.15) is 11.5 Å². The highest BCUT2D eigenvalue weighted by Crippen LogP contribution is 2.50. The molecule has 0 fully saturated rings. The highest BCUT2D eigenvalue weighted by Gasteiger charge is 2.32. The Hall–Kier alpha value is -1.59. The summed E-state index contributed by atoms with van der Waals surface area (Å²) in [5, 5.41) is 3.59. The van der Waals surface area contributed by atoms with E-state index in [1.54, 1.807) is 6.92 Å². The molecule has 40 heavy (non-hydrogen) atoms. The maximum absolute atomic E-state index is 12.3. The number of rotatable bonds is 10. The van der Waals surface area contributed by atoms with Gasteiger partial charge in [-0.1, -0.05) is 82.2 Å². The molecule has 0 saturated carbocycles. The summed E-state index contributed by atoms with van der Waals surface area (Å²) in [5.74, 6) is 0.202. The molecule has 0 N–H and O–H groups in total. The van der Waals surface area contributed by atoms with Crippen molar-refractivity contribution in [1.82, 2.24) is 0 Å². The van der Waals surface area contributed by atoms with Crippen molar-refractivity contribution in [2.75, 3.05) is 0 Å². The van der Waals surface area contributed by atoms with E-state index in [1.165, 1.54) is 16.0 Å². The van der Waals surface area contributed by atoms with Crippen LogP contribution in [0.15, 0.2) is 45.3 Å². The molecule has 0 radical (unpaired) electrons. The number of hydrogen-bond acceptors (Lipinski definition) is 5. The first-order valence-corrected chi connectivity index (χ1v) is 16.2. The largest absolute Gasteiger partial charge is 0.300 e. The fourth-order valence-electron chi connectivity index (χ4n) is 4.88. The lowest BCUT2D eigenvalue weighted by molar-refractivity contribution is -0.117. The van der Waals surface area contributed by atoms with E-state index in [-0.39, 0.29) is 31.5 Å². The van der Waals surface area contributed by atoms with Crippen LogP contribution in [0.25, 0.3) is 0 Å². The van der Waals surface area contributed by atoms with Crippen molar-refractivity contribution in [1.29, 1.82) is 0 Å². The second-order valence-corrected chi connectivity index (χ2v) is 19.1. The van der Waals surface area contributed by atoms with E-state index >= 15 is 0 Å². The third-order valence-corrected chi connectivity index (χ3v) is 9.83. The van der Waals surface area contributed by atoms with Crippen molar-refractivity contribution in [3.8, 4) is 0 Å². The van der Waals surface area contributed by atoms with Gasteiger partial charge in [-0.05, 0) is 107 Å². The Labute approximate surface area is 253 Å². The number of carbonyl (C=O) groups excluding carboxylic acids is 1. The number of nitrogens with zero attached hydrogens (tertiary/aromatic N) is 1. The Bertz CT molecular complexity index is 1190. The van der Waals surface area contributed by atoms with E-state index in [2.05, 4.69) is 126 Å². The molecule has 0 saturated heterocycles. The molecular weight excluding hydrogens is 531 g/mol. The van der Waals surface area contributed by atoms with Crippen molar-refractivity contribution in [3.63, 3.8) is 0 Å². The summed E-state index contributed by atoms with van der Waals surface area (Å²) in [6.45, 7) is 30.6. The summed E-state index contributed by atoms with van der Waals surface area (Å²) in [4.78, 5) is 26.3. The molecule has 0 bridgehead atoms. The van der Waals surface area contributed by atoms with E-state index < -0.39 is 0 Å². The van der Waals surface area contributed by atoms with Gasteiger partial charge < -0.3 is 4.79 Å². The highest BCUT2D eigenvalue weighted by molar-refractivity contribution is 8.18. The molecule has 0 heterocycles. The summed E-state index contributed by atoms with van der Waals surface area (Å²) in [6.07, 6.45) is 2.17. The standard InChI is InChI=1S/C35H53NO2S2/c1-23(37)16-15-17-34(11,12)29-22-27(21-28(30(29)36-38)33(8,9)10)40-35(13,14)39-26-19-24(31(2,3)4)18-25(20-26)32(5,6)7/h18-22H,15-17H2,1-14H3. The number of carbonyl (C=O) groups is 1. The molecular formula is C35H53NO2S2. The van der Waals surface area contributed by atoms with Crippen LogP contribution in [0, 0.1) is 4.91 Å². The Morgan fingerprint density at radius 3 is 1.52 bits per heavy atom. The van der Waals surface area contributed by atoms with Crippen molar-refractivity contribution in [2.45, 2.75) is 152 Å². The zero-order valence-electron chi connectivity index (χ0n) is 27.6. The van der Waals surface area contributed by atoms with Crippen LogP contribution < -0.4 is 0 Å². The Morgan fingerprint density at radius 2 is 1.12 bits per heavy atom. The first-order valence-electron chi connectivity index (χ1n) is 14.5. The van der Waals surface area contributed by atoms with Gasteiger partial charge in [-0.25, -0.2) is 0 Å². The predicted octanol–water partition coefficient (Wildman–Crippen LogP) is 11.6. The van der Waals surface area contributed by atoms with E-state index in [1.807, 2.05) is 23.5 Å². The number of Topliss-reactive ketones (excluding diaryl/α,β-unsaturated/α-hetero) is 1. The summed E-state index contributed by atoms with van der Waals surface area (Å²) in [6, 6.07) is 11.4. The van der Waals surface area contributed by atoms with Gasteiger partial charge in [-0.3, -0.25) is 0 Å². The molecule has 0 unspecified atom stereocenters. The number of nitroso groups, excluding NO2 is 1. The fraction of sp³-hybridized carbons (Fsp3) is 0.629. The van der Waals surface area contributed by atoms with Crippen molar-refractivity contribution in [3.05, 3.63) is 57.5 Å². The smallest absolute Gasteiger partial charge is 0.129 e. The van der Waals surface area contributed by atoms with Crippen LogP contribution in [-0.2, 0) is 26.5 Å². The van der Waals surface area contributed by atoms with E-state index in [9.17, 15) is 9.70 Å². The zero-order valence-corrected chi connectivity index (χ0v) is 29.2. The number of ketones is 1. The van der Waals surface area contributed by atoms with Crippen LogP contribution in [0.3, 0.4) is 0 Å². The minimum absolute atomic E-state index is 0.0655. The molecule has 2 aromatic carbocycles. The van der Waals surface area contributed by atoms with Crippen molar-refractivity contribution >= 4 is 35.0 Å². The molecule has 2 rings (SSSR count). The third-order valence-electron chi connectivity index (χ3n) is 7.41. The molecule has 0 amide bonds. The molecule has 2 aromatic rings. The van der Waals surface area contributed by atoms with Gasteiger partial charge in [0.15, 0.2) is 0 Å². The molecule has 0 aliphatic heterocycles. The van der Waals surface area contributed by atoms with Crippen LogP contribution in [0.4, 0.5) is 5.69 Å². The van der Waals surface area contributed by atoms with Gasteiger partial charge in [-0.2, -0.15) is 0 Å². The average Bonchev–Trinajstić information content (AvgIpc) is 2.75. The number of hydrogen-bond donors (Lipinski definition) is 0. The molecule has 0 spiro atoms.